The van der Waals surface area contributed by atoms with Crippen LogP contribution in [0.5, 0.6) is 0 Å². The molecule has 2 N–H and O–H groups in total. The van der Waals surface area contributed by atoms with Gasteiger partial charge < -0.3 is 5.73 Å². The van der Waals surface area contributed by atoms with E-state index in [4.69, 9.17) is 5.73 Å². The number of aryl methyl sites for hydroxylation is 1. The Kier molecular flexibility index (Phi) is 7.13. The van der Waals surface area contributed by atoms with Crippen molar-refractivity contribution in [2.45, 2.75) is 37.5 Å². The fraction of sp³-hybridized carbons (Fsp3) is 0.600. The van der Waals surface area contributed by atoms with Gasteiger partial charge in [-0.15, -0.1) is 12.4 Å². The average Bonchev–Trinajstić information content (AvgIpc) is 2.48. The highest BCUT2D eigenvalue weighted by molar-refractivity contribution is 7.89. The van der Waals surface area contributed by atoms with Crippen LogP contribution in [0, 0.1) is 5.92 Å². The maximum absolute atomic E-state index is 12.5. The molecule has 21 heavy (non-hydrogen) atoms. The van der Waals surface area contributed by atoms with Gasteiger partial charge in [0.1, 0.15) is 0 Å². The molecular formula is C15H25ClN2O2S. The van der Waals surface area contributed by atoms with E-state index < -0.39 is 10.0 Å². The summed E-state index contributed by atoms with van der Waals surface area (Å²) < 4.78 is 26.7. The highest BCUT2D eigenvalue weighted by Crippen LogP contribution is 2.23. The van der Waals surface area contributed by atoms with Crippen LogP contribution in [0.15, 0.2) is 29.2 Å². The summed E-state index contributed by atoms with van der Waals surface area (Å²) in [5.74, 6) is 0.466. The lowest BCUT2D eigenvalue weighted by Gasteiger charge is -2.30. The summed E-state index contributed by atoms with van der Waals surface area (Å²) in [5, 5.41) is 0. The predicted octanol–water partition coefficient (Wildman–Crippen LogP) is 2.42. The normalized spacial score (nSPS) is 17.4. The average molecular weight is 333 g/mol. The highest BCUT2D eigenvalue weighted by atomic mass is 35.5. The lowest BCUT2D eigenvalue weighted by atomic mass is 9.99. The van der Waals surface area contributed by atoms with Crippen molar-refractivity contribution in [2.75, 3.05) is 19.6 Å². The number of hydrogen-bond donors (Lipinski definition) is 1. The smallest absolute Gasteiger partial charge is 0.243 e. The quantitative estimate of drug-likeness (QED) is 0.900. The topological polar surface area (TPSA) is 63.4 Å². The SMILES string of the molecule is CCCc1ccc(S(=O)(=O)N2CCC(CN)CC2)cc1.Cl. The number of hydrogen-bond acceptors (Lipinski definition) is 3. The van der Waals surface area contributed by atoms with E-state index in [1.165, 1.54) is 5.56 Å². The van der Waals surface area contributed by atoms with Crippen molar-refractivity contribution >= 4 is 22.4 Å². The molecule has 2 rings (SSSR count). The Bertz CT molecular complexity index is 523. The number of nitrogens with two attached hydrogens (primary N) is 1. The molecular weight excluding hydrogens is 308 g/mol. The molecule has 0 unspecified atom stereocenters. The van der Waals surface area contributed by atoms with Crippen molar-refractivity contribution in [1.29, 1.82) is 0 Å². The molecule has 0 saturated carbocycles. The maximum atomic E-state index is 12.5. The number of halogens is 1. The molecule has 1 heterocycles. The van der Waals surface area contributed by atoms with Crippen LogP contribution in [0.4, 0.5) is 0 Å². The molecule has 1 aromatic carbocycles. The molecule has 1 aliphatic rings. The minimum Gasteiger partial charge on any atom is -0.330 e. The largest absolute Gasteiger partial charge is 0.330 e. The first kappa shape index (κ1) is 18.4. The van der Waals surface area contributed by atoms with Crippen LogP contribution in [0.2, 0.25) is 0 Å². The Balaban J connectivity index is 0.00000220. The fourth-order valence-corrected chi connectivity index (χ4v) is 4.12. The molecule has 0 aliphatic carbocycles. The third kappa shape index (κ3) is 4.42. The molecule has 0 amide bonds. The van der Waals surface area contributed by atoms with E-state index in [2.05, 4.69) is 6.92 Å². The van der Waals surface area contributed by atoms with Gasteiger partial charge in [0, 0.05) is 13.1 Å². The molecule has 0 radical (unpaired) electrons. The first-order valence-corrected chi connectivity index (χ1v) is 8.81. The van der Waals surface area contributed by atoms with Gasteiger partial charge in [0.05, 0.1) is 4.90 Å². The zero-order chi connectivity index (χ0) is 14.6. The van der Waals surface area contributed by atoms with Crippen molar-refractivity contribution in [3.63, 3.8) is 0 Å². The molecule has 1 aliphatic heterocycles. The third-order valence-corrected chi connectivity index (χ3v) is 5.92. The van der Waals surface area contributed by atoms with Gasteiger partial charge in [0.25, 0.3) is 0 Å². The molecule has 0 atom stereocenters. The van der Waals surface area contributed by atoms with Crippen LogP contribution in [0.25, 0.3) is 0 Å². The number of piperidine rings is 1. The fourth-order valence-electron chi connectivity index (χ4n) is 2.65. The van der Waals surface area contributed by atoms with Gasteiger partial charge in [0.15, 0.2) is 0 Å². The Morgan fingerprint density at radius 3 is 2.24 bits per heavy atom. The van der Waals surface area contributed by atoms with E-state index >= 15 is 0 Å². The van der Waals surface area contributed by atoms with Crippen LogP contribution in [-0.2, 0) is 16.4 Å². The molecule has 0 bridgehead atoms. The van der Waals surface area contributed by atoms with Crippen LogP contribution in [-0.4, -0.2) is 32.4 Å². The second-order valence-electron chi connectivity index (χ2n) is 5.48. The van der Waals surface area contributed by atoms with Crippen LogP contribution in [0.1, 0.15) is 31.7 Å². The molecule has 0 spiro atoms. The third-order valence-electron chi connectivity index (χ3n) is 4.01. The minimum atomic E-state index is -3.33. The number of rotatable bonds is 5. The lowest BCUT2D eigenvalue weighted by molar-refractivity contribution is 0.278. The van der Waals surface area contributed by atoms with Crippen molar-refractivity contribution in [3.05, 3.63) is 29.8 Å². The van der Waals surface area contributed by atoms with Crippen molar-refractivity contribution in [3.8, 4) is 0 Å². The summed E-state index contributed by atoms with van der Waals surface area (Å²) in [5.41, 5.74) is 6.83. The van der Waals surface area contributed by atoms with Gasteiger partial charge in [-0.1, -0.05) is 25.5 Å². The van der Waals surface area contributed by atoms with E-state index in [1.54, 1.807) is 16.4 Å². The second kappa shape index (κ2) is 8.13. The van der Waals surface area contributed by atoms with Crippen LogP contribution in [0.3, 0.4) is 0 Å². The Morgan fingerprint density at radius 2 is 1.76 bits per heavy atom. The van der Waals surface area contributed by atoms with E-state index in [1.807, 2.05) is 12.1 Å². The lowest BCUT2D eigenvalue weighted by Crippen LogP contribution is -2.39. The second-order valence-corrected chi connectivity index (χ2v) is 7.42. The standard InChI is InChI=1S/C15H24N2O2S.ClH/c1-2-3-13-4-6-15(7-5-13)20(18,19)17-10-8-14(12-16)9-11-17;/h4-7,14H,2-3,8-12,16H2,1H3;1H. The summed E-state index contributed by atoms with van der Waals surface area (Å²) in [6.45, 7) is 3.94. The summed E-state index contributed by atoms with van der Waals surface area (Å²) >= 11 is 0. The Morgan fingerprint density at radius 1 is 1.19 bits per heavy atom. The first-order valence-electron chi connectivity index (χ1n) is 7.37. The number of benzene rings is 1. The van der Waals surface area contributed by atoms with Gasteiger partial charge in [-0.25, -0.2) is 8.42 Å². The molecule has 1 saturated heterocycles. The van der Waals surface area contributed by atoms with Crippen LogP contribution >= 0.6 is 12.4 Å². The van der Waals surface area contributed by atoms with Gasteiger partial charge >= 0.3 is 0 Å². The summed E-state index contributed by atoms with van der Waals surface area (Å²) in [6.07, 6.45) is 3.79. The van der Waals surface area contributed by atoms with E-state index in [0.717, 1.165) is 25.7 Å². The summed E-state index contributed by atoms with van der Waals surface area (Å²) in [4.78, 5) is 0.406. The zero-order valence-electron chi connectivity index (χ0n) is 12.5. The van der Waals surface area contributed by atoms with Gasteiger partial charge in [0.2, 0.25) is 10.0 Å². The zero-order valence-corrected chi connectivity index (χ0v) is 14.1. The van der Waals surface area contributed by atoms with E-state index in [0.29, 0.717) is 30.4 Å². The summed E-state index contributed by atoms with van der Waals surface area (Å²) in [7, 11) is -3.33. The van der Waals surface area contributed by atoms with Crippen molar-refractivity contribution in [1.82, 2.24) is 4.31 Å². The predicted molar refractivity (Wildman–Crippen MR) is 88.2 cm³/mol. The number of nitrogens with zero attached hydrogens (tertiary/aromatic N) is 1. The van der Waals surface area contributed by atoms with Gasteiger partial charge in [-0.05, 0) is 49.4 Å². The Hall–Kier alpha value is -0.620. The monoisotopic (exact) mass is 332 g/mol. The number of sulfonamides is 1. The van der Waals surface area contributed by atoms with Crippen molar-refractivity contribution < 1.29 is 8.42 Å². The van der Waals surface area contributed by atoms with E-state index in [-0.39, 0.29) is 12.4 Å². The van der Waals surface area contributed by atoms with Crippen LogP contribution < -0.4 is 5.73 Å². The highest BCUT2D eigenvalue weighted by Gasteiger charge is 2.28. The van der Waals surface area contributed by atoms with Gasteiger partial charge in [-0.2, -0.15) is 4.31 Å². The first-order chi connectivity index (χ1) is 9.57. The molecule has 6 heteroatoms. The van der Waals surface area contributed by atoms with E-state index in [9.17, 15) is 8.42 Å². The molecule has 120 valence electrons. The Labute approximate surface area is 134 Å². The molecule has 1 aromatic rings. The molecule has 1 fully saturated rings. The molecule has 4 nitrogen and oxygen atoms in total. The van der Waals surface area contributed by atoms with Gasteiger partial charge in [-0.3, -0.25) is 0 Å². The maximum Gasteiger partial charge on any atom is 0.243 e. The minimum absolute atomic E-state index is 0. The molecule has 0 aromatic heterocycles. The van der Waals surface area contributed by atoms with Crippen molar-refractivity contribution in [2.24, 2.45) is 11.7 Å². The summed E-state index contributed by atoms with van der Waals surface area (Å²) in [6, 6.07) is 7.30.